The van der Waals surface area contributed by atoms with Gasteiger partial charge in [-0.2, -0.15) is 0 Å². The molecule has 0 aromatic heterocycles. The lowest BCUT2D eigenvalue weighted by Crippen LogP contribution is -2.30. The molecule has 1 amide bonds. The highest BCUT2D eigenvalue weighted by Crippen LogP contribution is 2.26. The smallest absolute Gasteiger partial charge is 0.293 e. The molecule has 0 spiro atoms. The van der Waals surface area contributed by atoms with Crippen LogP contribution in [-0.2, 0) is 0 Å². The van der Waals surface area contributed by atoms with Gasteiger partial charge < -0.3 is 15.7 Å². The van der Waals surface area contributed by atoms with Gasteiger partial charge in [0.05, 0.1) is 11.5 Å². The van der Waals surface area contributed by atoms with Crippen molar-refractivity contribution in [1.82, 2.24) is 5.32 Å². The lowest BCUT2D eigenvalue weighted by Gasteiger charge is -2.16. The summed E-state index contributed by atoms with van der Waals surface area (Å²) in [7, 11) is 0. The van der Waals surface area contributed by atoms with E-state index in [9.17, 15) is 14.9 Å². The Morgan fingerprint density at radius 1 is 1.43 bits per heavy atom. The summed E-state index contributed by atoms with van der Waals surface area (Å²) < 4.78 is 0. The fourth-order valence-corrected chi connectivity index (χ4v) is 1.79. The minimum Gasteiger partial charge on any atom is -0.394 e. The molecule has 0 radical (unpaired) electrons. The van der Waals surface area contributed by atoms with Crippen molar-refractivity contribution in [2.24, 2.45) is 0 Å². The third-order valence-corrected chi connectivity index (χ3v) is 2.95. The van der Waals surface area contributed by atoms with Crippen molar-refractivity contribution in [2.45, 2.75) is 39.3 Å². The summed E-state index contributed by atoms with van der Waals surface area (Å²) >= 11 is 0. The zero-order valence-electron chi connectivity index (χ0n) is 12.4. The van der Waals surface area contributed by atoms with Crippen LogP contribution in [0.15, 0.2) is 18.2 Å². The Morgan fingerprint density at radius 3 is 2.57 bits per heavy atom. The maximum Gasteiger partial charge on any atom is 0.293 e. The summed E-state index contributed by atoms with van der Waals surface area (Å²) in [6.07, 6.45) is 0.628. The molecule has 0 aliphatic heterocycles. The summed E-state index contributed by atoms with van der Waals surface area (Å²) in [5.41, 5.74) is 0.346. The average Bonchev–Trinajstić information content (AvgIpc) is 2.43. The molecule has 0 heterocycles. The summed E-state index contributed by atoms with van der Waals surface area (Å²) in [4.78, 5) is 22.5. The quantitative estimate of drug-likeness (QED) is 0.526. The number of nitro benzene ring substituents is 1. The van der Waals surface area contributed by atoms with Crippen LogP contribution in [-0.4, -0.2) is 34.6 Å². The SMILES string of the molecule is CC[C@H](CO)Nc1ccc(C(=O)NC(C)C)cc1[N+](=O)[O-]. The van der Waals surface area contributed by atoms with Gasteiger partial charge in [0.2, 0.25) is 0 Å². The molecule has 1 atom stereocenters. The number of hydrogen-bond acceptors (Lipinski definition) is 5. The van der Waals surface area contributed by atoms with Crippen LogP contribution in [0.1, 0.15) is 37.6 Å². The Balaban J connectivity index is 3.07. The second-order valence-corrected chi connectivity index (χ2v) is 5.05. The number of nitrogens with one attached hydrogen (secondary N) is 2. The highest BCUT2D eigenvalue weighted by Gasteiger charge is 2.19. The van der Waals surface area contributed by atoms with Crippen molar-refractivity contribution in [3.05, 3.63) is 33.9 Å². The number of benzene rings is 1. The second-order valence-electron chi connectivity index (χ2n) is 5.05. The van der Waals surface area contributed by atoms with Crippen LogP contribution in [0.2, 0.25) is 0 Å². The molecule has 1 aromatic rings. The number of carbonyl (C=O) groups excluding carboxylic acids is 1. The summed E-state index contributed by atoms with van der Waals surface area (Å²) in [6.45, 7) is 5.37. The van der Waals surface area contributed by atoms with Crippen molar-refractivity contribution in [3.63, 3.8) is 0 Å². The molecule has 0 aliphatic carbocycles. The second kappa shape index (κ2) is 7.58. The van der Waals surface area contributed by atoms with Gasteiger partial charge in [-0.05, 0) is 32.4 Å². The van der Waals surface area contributed by atoms with E-state index in [2.05, 4.69) is 10.6 Å². The van der Waals surface area contributed by atoms with Crippen molar-refractivity contribution < 1.29 is 14.8 Å². The standard InChI is InChI=1S/C14H21N3O4/c1-4-11(8-18)16-12-6-5-10(7-13(12)17(20)21)14(19)15-9(2)3/h5-7,9,11,16,18H,4,8H2,1-3H3,(H,15,19)/t11-/m1/s1. The van der Waals surface area contributed by atoms with E-state index in [0.29, 0.717) is 12.1 Å². The highest BCUT2D eigenvalue weighted by molar-refractivity contribution is 5.95. The molecule has 7 heteroatoms. The molecule has 21 heavy (non-hydrogen) atoms. The third kappa shape index (κ3) is 4.71. The lowest BCUT2D eigenvalue weighted by molar-refractivity contribution is -0.384. The highest BCUT2D eigenvalue weighted by atomic mass is 16.6. The predicted molar refractivity (Wildman–Crippen MR) is 80.5 cm³/mol. The molecular formula is C14H21N3O4. The largest absolute Gasteiger partial charge is 0.394 e. The van der Waals surface area contributed by atoms with E-state index < -0.39 is 4.92 Å². The van der Waals surface area contributed by atoms with Crippen molar-refractivity contribution in [1.29, 1.82) is 0 Å². The minimum atomic E-state index is -0.543. The Morgan fingerprint density at radius 2 is 2.10 bits per heavy atom. The fourth-order valence-electron chi connectivity index (χ4n) is 1.79. The molecule has 0 bridgehead atoms. The Bertz CT molecular complexity index is 513. The predicted octanol–water partition coefficient (Wildman–Crippen LogP) is 1.92. The third-order valence-electron chi connectivity index (χ3n) is 2.95. The van der Waals surface area contributed by atoms with Gasteiger partial charge in [0.15, 0.2) is 0 Å². The van der Waals surface area contributed by atoms with Crippen LogP contribution < -0.4 is 10.6 Å². The van der Waals surface area contributed by atoms with Gasteiger partial charge >= 0.3 is 0 Å². The topological polar surface area (TPSA) is 104 Å². The monoisotopic (exact) mass is 295 g/mol. The maximum atomic E-state index is 11.9. The van der Waals surface area contributed by atoms with Crippen LogP contribution in [0.25, 0.3) is 0 Å². The molecule has 3 N–H and O–H groups in total. The molecule has 116 valence electrons. The first-order valence-corrected chi connectivity index (χ1v) is 6.85. The van der Waals surface area contributed by atoms with Gasteiger partial charge in [0, 0.05) is 23.7 Å². The van der Waals surface area contributed by atoms with E-state index in [0.717, 1.165) is 0 Å². The minimum absolute atomic E-state index is 0.0479. The van der Waals surface area contributed by atoms with E-state index in [1.165, 1.54) is 18.2 Å². The molecule has 1 rings (SSSR count). The van der Waals surface area contributed by atoms with Crippen molar-refractivity contribution in [2.75, 3.05) is 11.9 Å². The Kier molecular flexibility index (Phi) is 6.10. The first-order chi connectivity index (χ1) is 9.88. The molecule has 0 saturated heterocycles. The van der Waals surface area contributed by atoms with Gasteiger partial charge in [-0.3, -0.25) is 14.9 Å². The average molecular weight is 295 g/mol. The van der Waals surface area contributed by atoms with Crippen molar-refractivity contribution in [3.8, 4) is 0 Å². The molecule has 0 aliphatic rings. The number of carbonyl (C=O) groups is 1. The van der Waals surface area contributed by atoms with Gasteiger partial charge in [-0.25, -0.2) is 0 Å². The molecule has 0 unspecified atom stereocenters. The van der Waals surface area contributed by atoms with Crippen molar-refractivity contribution >= 4 is 17.3 Å². The van der Waals surface area contributed by atoms with E-state index in [4.69, 9.17) is 5.11 Å². The lowest BCUT2D eigenvalue weighted by atomic mass is 10.1. The van der Waals surface area contributed by atoms with Crippen LogP contribution in [0, 0.1) is 10.1 Å². The van der Waals surface area contributed by atoms with Crippen LogP contribution >= 0.6 is 0 Å². The van der Waals surface area contributed by atoms with Gasteiger partial charge in [-0.1, -0.05) is 6.92 Å². The summed E-state index contributed by atoms with van der Waals surface area (Å²) in [5.74, 6) is -0.353. The zero-order chi connectivity index (χ0) is 16.0. The van der Waals surface area contributed by atoms with Gasteiger partial charge in [0.1, 0.15) is 5.69 Å². The Hall–Kier alpha value is -2.15. The fraction of sp³-hybridized carbons (Fsp3) is 0.500. The van der Waals surface area contributed by atoms with E-state index >= 15 is 0 Å². The number of aliphatic hydroxyl groups is 1. The van der Waals surface area contributed by atoms with Crippen LogP contribution in [0.5, 0.6) is 0 Å². The molecular weight excluding hydrogens is 274 g/mol. The van der Waals surface area contributed by atoms with Crippen LogP contribution in [0.3, 0.4) is 0 Å². The van der Waals surface area contributed by atoms with E-state index in [1.807, 2.05) is 20.8 Å². The normalized spacial score (nSPS) is 12.0. The number of amides is 1. The van der Waals surface area contributed by atoms with Crippen LogP contribution in [0.4, 0.5) is 11.4 Å². The first kappa shape index (κ1) is 16.9. The summed E-state index contributed by atoms with van der Waals surface area (Å²) in [6, 6.07) is 3.94. The number of nitrogens with zero attached hydrogens (tertiary/aromatic N) is 1. The summed E-state index contributed by atoms with van der Waals surface area (Å²) in [5, 5.41) is 25.9. The molecule has 0 saturated carbocycles. The number of nitro groups is 1. The van der Waals surface area contributed by atoms with Gasteiger partial charge in [-0.15, -0.1) is 0 Å². The molecule has 7 nitrogen and oxygen atoms in total. The zero-order valence-corrected chi connectivity index (χ0v) is 12.4. The van der Waals surface area contributed by atoms with E-state index in [-0.39, 0.29) is 35.8 Å². The number of anilines is 1. The Labute approximate surface area is 123 Å². The molecule has 0 fully saturated rings. The number of rotatable bonds is 7. The number of aliphatic hydroxyl groups excluding tert-OH is 1. The van der Waals surface area contributed by atoms with E-state index in [1.54, 1.807) is 0 Å². The number of hydrogen-bond donors (Lipinski definition) is 3. The molecule has 1 aromatic carbocycles. The van der Waals surface area contributed by atoms with Gasteiger partial charge in [0.25, 0.3) is 11.6 Å². The maximum absolute atomic E-state index is 11.9. The first-order valence-electron chi connectivity index (χ1n) is 6.85.